The number of amides is 1. The summed E-state index contributed by atoms with van der Waals surface area (Å²) in [6, 6.07) is 3.80. The lowest BCUT2D eigenvalue weighted by molar-refractivity contribution is 0.0299. The van der Waals surface area contributed by atoms with E-state index in [1.807, 2.05) is 24.0 Å². The van der Waals surface area contributed by atoms with Crippen molar-refractivity contribution in [3.8, 4) is 0 Å². The molecule has 0 bridgehead atoms. The molecule has 2 aliphatic rings. The van der Waals surface area contributed by atoms with Crippen LogP contribution in [0.15, 0.2) is 36.9 Å². The zero-order chi connectivity index (χ0) is 16.5. The summed E-state index contributed by atoms with van der Waals surface area (Å²) >= 11 is 0. The van der Waals surface area contributed by atoms with Crippen LogP contribution in [-0.2, 0) is 4.74 Å². The molecule has 4 rings (SSSR count). The molecule has 2 aromatic rings. The Balaban J connectivity index is 1.53. The van der Waals surface area contributed by atoms with Gasteiger partial charge < -0.3 is 14.5 Å². The summed E-state index contributed by atoms with van der Waals surface area (Å²) in [5.41, 5.74) is 1.52. The topological polar surface area (TPSA) is 71.5 Å². The van der Waals surface area contributed by atoms with Gasteiger partial charge in [0.25, 0.3) is 5.91 Å². The van der Waals surface area contributed by atoms with Crippen molar-refractivity contribution in [1.29, 1.82) is 0 Å². The number of ether oxygens (including phenoxy) is 1. The van der Waals surface area contributed by atoms with Crippen LogP contribution in [0.5, 0.6) is 0 Å². The summed E-state index contributed by atoms with van der Waals surface area (Å²) < 4.78 is 5.89. The predicted octanol–water partition coefficient (Wildman–Crippen LogP) is 0.910. The van der Waals surface area contributed by atoms with Crippen molar-refractivity contribution in [2.24, 2.45) is 0 Å². The molecule has 4 heterocycles. The van der Waals surface area contributed by atoms with E-state index in [2.05, 4.69) is 19.9 Å². The van der Waals surface area contributed by atoms with E-state index < -0.39 is 0 Å². The van der Waals surface area contributed by atoms with Crippen LogP contribution in [0.25, 0.3) is 0 Å². The summed E-state index contributed by atoms with van der Waals surface area (Å²) in [7, 11) is 0. The smallest absolute Gasteiger partial charge is 0.255 e. The van der Waals surface area contributed by atoms with Crippen molar-refractivity contribution in [3.63, 3.8) is 0 Å². The van der Waals surface area contributed by atoms with Gasteiger partial charge in [0, 0.05) is 43.9 Å². The lowest BCUT2D eigenvalue weighted by Gasteiger charge is -2.37. The Kier molecular flexibility index (Phi) is 3.86. The maximum atomic E-state index is 12.7. The molecule has 2 aromatic heterocycles. The minimum atomic E-state index is -0.000374. The molecule has 0 saturated carbocycles. The molecule has 2 atom stereocenters. The Labute approximate surface area is 140 Å². The van der Waals surface area contributed by atoms with E-state index in [4.69, 9.17) is 4.74 Å². The second-order valence-corrected chi connectivity index (χ2v) is 6.13. The summed E-state index contributed by atoms with van der Waals surface area (Å²) in [6.45, 7) is 4.51. The first-order valence-electron chi connectivity index (χ1n) is 8.08. The van der Waals surface area contributed by atoms with Crippen molar-refractivity contribution < 1.29 is 9.53 Å². The van der Waals surface area contributed by atoms with Gasteiger partial charge in [-0.3, -0.25) is 14.8 Å². The molecular formula is C17H19N5O2. The van der Waals surface area contributed by atoms with E-state index in [0.29, 0.717) is 25.3 Å². The SMILES string of the molecule is Cc1ccc(C(=O)N2C[C@@H]3OCCN(c4cnccn4)[C@@H]3C2)cn1. The minimum absolute atomic E-state index is 0.000374. The normalized spacial score (nSPS) is 23.2. The molecular weight excluding hydrogens is 306 g/mol. The maximum Gasteiger partial charge on any atom is 0.255 e. The first-order valence-corrected chi connectivity index (χ1v) is 8.08. The van der Waals surface area contributed by atoms with Crippen LogP contribution in [0, 0.1) is 6.92 Å². The molecule has 124 valence electrons. The zero-order valence-electron chi connectivity index (χ0n) is 13.5. The number of anilines is 1. The molecule has 2 fully saturated rings. The second kappa shape index (κ2) is 6.16. The third-order valence-electron chi connectivity index (χ3n) is 4.59. The van der Waals surface area contributed by atoms with Gasteiger partial charge in [-0.1, -0.05) is 0 Å². The number of fused-ring (bicyclic) bond motifs is 1. The van der Waals surface area contributed by atoms with Gasteiger partial charge in [-0.2, -0.15) is 0 Å². The fourth-order valence-electron chi connectivity index (χ4n) is 3.35. The first-order chi connectivity index (χ1) is 11.7. The summed E-state index contributed by atoms with van der Waals surface area (Å²) in [4.78, 5) is 29.5. The van der Waals surface area contributed by atoms with Crippen LogP contribution in [0.3, 0.4) is 0 Å². The average molecular weight is 325 g/mol. The van der Waals surface area contributed by atoms with E-state index in [1.54, 1.807) is 24.8 Å². The number of pyridine rings is 1. The zero-order valence-corrected chi connectivity index (χ0v) is 13.5. The van der Waals surface area contributed by atoms with Crippen LogP contribution in [0.1, 0.15) is 16.1 Å². The molecule has 2 saturated heterocycles. The molecule has 7 nitrogen and oxygen atoms in total. The standard InChI is InChI=1S/C17H19N5O2/c1-12-2-3-13(8-20-12)17(23)21-10-14-15(11-21)24-7-6-22(14)16-9-18-4-5-19-16/h2-5,8-9,14-15H,6-7,10-11H2,1H3/t14-,15+/m1/s1. The highest BCUT2D eigenvalue weighted by molar-refractivity contribution is 5.94. The fourth-order valence-corrected chi connectivity index (χ4v) is 3.35. The second-order valence-electron chi connectivity index (χ2n) is 6.13. The van der Waals surface area contributed by atoms with Crippen LogP contribution in [-0.4, -0.2) is 64.1 Å². The number of likely N-dealkylation sites (tertiary alicyclic amines) is 1. The number of aromatic nitrogens is 3. The third-order valence-corrected chi connectivity index (χ3v) is 4.59. The van der Waals surface area contributed by atoms with Gasteiger partial charge in [0.2, 0.25) is 0 Å². The highest BCUT2D eigenvalue weighted by atomic mass is 16.5. The molecule has 0 spiro atoms. The van der Waals surface area contributed by atoms with Crippen LogP contribution in [0.2, 0.25) is 0 Å². The van der Waals surface area contributed by atoms with Crippen molar-refractivity contribution in [1.82, 2.24) is 19.9 Å². The lowest BCUT2D eigenvalue weighted by atomic mass is 10.1. The van der Waals surface area contributed by atoms with Gasteiger partial charge >= 0.3 is 0 Å². The highest BCUT2D eigenvalue weighted by Crippen LogP contribution is 2.27. The van der Waals surface area contributed by atoms with Crippen LogP contribution < -0.4 is 4.90 Å². The summed E-state index contributed by atoms with van der Waals surface area (Å²) in [5, 5.41) is 0. The molecule has 0 N–H and O–H groups in total. The Morgan fingerprint density at radius 3 is 2.88 bits per heavy atom. The Bertz CT molecular complexity index is 722. The molecule has 0 aliphatic carbocycles. The Hall–Kier alpha value is -2.54. The van der Waals surface area contributed by atoms with Gasteiger partial charge in [-0.25, -0.2) is 4.98 Å². The van der Waals surface area contributed by atoms with E-state index in [1.165, 1.54) is 0 Å². The first kappa shape index (κ1) is 15.0. The lowest BCUT2D eigenvalue weighted by Crippen LogP contribution is -2.51. The number of hydrogen-bond acceptors (Lipinski definition) is 6. The number of rotatable bonds is 2. The van der Waals surface area contributed by atoms with Crippen molar-refractivity contribution >= 4 is 11.7 Å². The van der Waals surface area contributed by atoms with Crippen LogP contribution >= 0.6 is 0 Å². The van der Waals surface area contributed by atoms with E-state index in [0.717, 1.165) is 18.1 Å². The van der Waals surface area contributed by atoms with E-state index >= 15 is 0 Å². The quantitative estimate of drug-likeness (QED) is 0.817. The van der Waals surface area contributed by atoms with Crippen molar-refractivity contribution in [3.05, 3.63) is 48.2 Å². The van der Waals surface area contributed by atoms with Crippen molar-refractivity contribution in [2.45, 2.75) is 19.1 Å². The minimum Gasteiger partial charge on any atom is -0.372 e. The molecule has 7 heteroatoms. The summed E-state index contributed by atoms with van der Waals surface area (Å²) in [5.74, 6) is 0.835. The monoisotopic (exact) mass is 325 g/mol. The van der Waals surface area contributed by atoms with Gasteiger partial charge in [0.1, 0.15) is 5.82 Å². The third kappa shape index (κ3) is 2.71. The van der Waals surface area contributed by atoms with E-state index in [9.17, 15) is 4.79 Å². The van der Waals surface area contributed by atoms with Gasteiger partial charge in [-0.15, -0.1) is 0 Å². The van der Waals surface area contributed by atoms with Gasteiger partial charge in [0.05, 0.1) is 30.5 Å². The predicted molar refractivity (Wildman–Crippen MR) is 87.8 cm³/mol. The van der Waals surface area contributed by atoms with Crippen molar-refractivity contribution in [2.75, 3.05) is 31.1 Å². The molecule has 0 unspecified atom stereocenters. The molecule has 0 radical (unpaired) electrons. The Morgan fingerprint density at radius 2 is 2.12 bits per heavy atom. The fraction of sp³-hybridized carbons (Fsp3) is 0.412. The average Bonchev–Trinajstić information content (AvgIpc) is 3.06. The molecule has 0 aromatic carbocycles. The number of carbonyl (C=O) groups is 1. The maximum absolute atomic E-state index is 12.7. The summed E-state index contributed by atoms with van der Waals surface area (Å²) in [6.07, 6.45) is 6.76. The number of morpholine rings is 1. The van der Waals surface area contributed by atoms with Gasteiger partial charge in [0.15, 0.2) is 0 Å². The number of hydrogen-bond donors (Lipinski definition) is 0. The number of aryl methyl sites for hydroxylation is 1. The largest absolute Gasteiger partial charge is 0.372 e. The molecule has 24 heavy (non-hydrogen) atoms. The molecule has 2 aliphatic heterocycles. The van der Waals surface area contributed by atoms with Gasteiger partial charge in [-0.05, 0) is 19.1 Å². The Morgan fingerprint density at radius 1 is 1.21 bits per heavy atom. The number of nitrogens with zero attached hydrogens (tertiary/aromatic N) is 5. The van der Waals surface area contributed by atoms with E-state index in [-0.39, 0.29) is 18.1 Å². The van der Waals surface area contributed by atoms with Crippen LogP contribution in [0.4, 0.5) is 5.82 Å². The number of carbonyl (C=O) groups excluding carboxylic acids is 1. The molecule has 1 amide bonds. The highest BCUT2D eigenvalue weighted by Gasteiger charge is 2.42.